The molecule has 0 aromatic heterocycles. The van der Waals surface area contributed by atoms with Crippen LogP contribution in [-0.4, -0.2) is 12.6 Å². The van der Waals surface area contributed by atoms with E-state index in [-0.39, 0.29) is 5.97 Å². The van der Waals surface area contributed by atoms with Gasteiger partial charge < -0.3 is 4.74 Å². The van der Waals surface area contributed by atoms with Crippen LogP contribution in [0.15, 0.2) is 30.3 Å². The van der Waals surface area contributed by atoms with Crippen molar-refractivity contribution < 1.29 is 9.53 Å². The molecule has 0 spiro atoms. The molecule has 1 aromatic rings. The summed E-state index contributed by atoms with van der Waals surface area (Å²) in [6.07, 6.45) is 19.7. The number of esters is 1. The molecule has 0 aliphatic heterocycles. The monoisotopic (exact) mass is 402 g/mol. The molecule has 0 heterocycles. The summed E-state index contributed by atoms with van der Waals surface area (Å²) < 4.78 is 5.68. The second kappa shape index (κ2) is 18.7. The maximum absolute atomic E-state index is 12.2. The van der Waals surface area contributed by atoms with Crippen molar-refractivity contribution in [2.75, 3.05) is 6.61 Å². The largest absolute Gasteiger partial charge is 0.465 e. The van der Waals surface area contributed by atoms with Crippen molar-refractivity contribution in [3.8, 4) is 0 Å². The fourth-order valence-electron chi connectivity index (χ4n) is 3.91. The van der Waals surface area contributed by atoms with Gasteiger partial charge in [0, 0.05) is 6.42 Å². The summed E-state index contributed by atoms with van der Waals surface area (Å²) in [5, 5.41) is 0. The van der Waals surface area contributed by atoms with Crippen LogP contribution < -0.4 is 0 Å². The average molecular weight is 403 g/mol. The molecule has 0 unspecified atom stereocenters. The molecule has 0 atom stereocenters. The maximum atomic E-state index is 12.2. The van der Waals surface area contributed by atoms with Crippen LogP contribution in [-0.2, 0) is 16.0 Å². The van der Waals surface area contributed by atoms with Gasteiger partial charge in [0.1, 0.15) is 0 Å². The zero-order valence-electron chi connectivity index (χ0n) is 19.3. The molecule has 1 aromatic carbocycles. The molecule has 0 saturated heterocycles. The lowest BCUT2D eigenvalue weighted by molar-refractivity contribution is -0.145. The van der Waals surface area contributed by atoms with E-state index in [0.29, 0.717) is 18.9 Å². The molecular weight excluding hydrogens is 356 g/mol. The number of carbonyl (C=O) groups excluding carboxylic acids is 1. The Morgan fingerprint density at radius 3 is 1.83 bits per heavy atom. The smallest absolute Gasteiger partial charge is 0.306 e. The lowest BCUT2D eigenvalue weighted by Gasteiger charge is -2.17. The maximum Gasteiger partial charge on any atom is 0.306 e. The molecule has 0 fully saturated rings. The second-order valence-corrected chi connectivity index (χ2v) is 8.65. The van der Waals surface area contributed by atoms with E-state index < -0.39 is 0 Å². The predicted octanol–water partition coefficient (Wildman–Crippen LogP) is 8.28. The van der Waals surface area contributed by atoms with Gasteiger partial charge in [-0.15, -0.1) is 0 Å². The second-order valence-electron chi connectivity index (χ2n) is 8.65. The van der Waals surface area contributed by atoms with Gasteiger partial charge >= 0.3 is 5.97 Å². The third-order valence-corrected chi connectivity index (χ3v) is 5.87. The Hall–Kier alpha value is -1.31. The Balaban J connectivity index is 2.25. The summed E-state index contributed by atoms with van der Waals surface area (Å²) >= 11 is 0. The van der Waals surface area contributed by atoms with E-state index in [1.54, 1.807) is 0 Å². The van der Waals surface area contributed by atoms with Crippen LogP contribution in [0.2, 0.25) is 0 Å². The SMILES string of the molecule is CCCCCCCCC(CCCCCCCC)COC(=O)CCc1ccccc1. The average Bonchev–Trinajstić information content (AvgIpc) is 2.75. The molecule has 29 heavy (non-hydrogen) atoms. The number of benzene rings is 1. The van der Waals surface area contributed by atoms with E-state index in [1.807, 2.05) is 18.2 Å². The highest BCUT2D eigenvalue weighted by Gasteiger charge is 2.12. The van der Waals surface area contributed by atoms with Crippen molar-refractivity contribution in [2.24, 2.45) is 5.92 Å². The number of ether oxygens (including phenoxy) is 1. The van der Waals surface area contributed by atoms with Crippen LogP contribution in [0.3, 0.4) is 0 Å². The summed E-state index contributed by atoms with van der Waals surface area (Å²) in [5.41, 5.74) is 1.21. The summed E-state index contributed by atoms with van der Waals surface area (Å²) in [7, 11) is 0. The first-order chi connectivity index (χ1) is 14.3. The van der Waals surface area contributed by atoms with E-state index in [2.05, 4.69) is 26.0 Å². The third-order valence-electron chi connectivity index (χ3n) is 5.87. The zero-order chi connectivity index (χ0) is 21.0. The molecule has 2 nitrogen and oxygen atoms in total. The Morgan fingerprint density at radius 1 is 0.759 bits per heavy atom. The number of hydrogen-bond acceptors (Lipinski definition) is 2. The van der Waals surface area contributed by atoms with Crippen LogP contribution in [0.5, 0.6) is 0 Å². The van der Waals surface area contributed by atoms with Crippen molar-refractivity contribution in [1.82, 2.24) is 0 Å². The van der Waals surface area contributed by atoms with E-state index >= 15 is 0 Å². The molecule has 0 aliphatic carbocycles. The minimum atomic E-state index is -0.0373. The zero-order valence-corrected chi connectivity index (χ0v) is 19.3. The molecule has 166 valence electrons. The number of rotatable bonds is 19. The quantitative estimate of drug-likeness (QED) is 0.172. The Kier molecular flexibility index (Phi) is 16.6. The minimum absolute atomic E-state index is 0.0373. The van der Waals surface area contributed by atoms with E-state index in [4.69, 9.17) is 4.74 Å². The Labute approximate surface area is 180 Å². The Bertz CT molecular complexity index is 467. The number of aryl methyl sites for hydroxylation is 1. The van der Waals surface area contributed by atoms with E-state index in [9.17, 15) is 4.79 Å². The summed E-state index contributed by atoms with van der Waals surface area (Å²) in [6, 6.07) is 10.2. The summed E-state index contributed by atoms with van der Waals surface area (Å²) in [6.45, 7) is 5.16. The number of unbranched alkanes of at least 4 members (excludes halogenated alkanes) is 10. The summed E-state index contributed by atoms with van der Waals surface area (Å²) in [4.78, 5) is 12.2. The van der Waals surface area contributed by atoms with Crippen molar-refractivity contribution >= 4 is 5.97 Å². The number of carbonyl (C=O) groups is 1. The molecule has 0 amide bonds. The standard InChI is InChI=1S/C27H46O2/c1-3-5-7-9-11-14-20-26(21-15-12-10-8-6-4-2)24-29-27(28)23-22-25-18-16-13-17-19-25/h13,16-19,26H,3-12,14-15,20-24H2,1-2H3. The van der Waals surface area contributed by atoms with Gasteiger partial charge in [-0.25, -0.2) is 0 Å². The van der Waals surface area contributed by atoms with Gasteiger partial charge in [0.2, 0.25) is 0 Å². The predicted molar refractivity (Wildman–Crippen MR) is 125 cm³/mol. The van der Waals surface area contributed by atoms with Crippen molar-refractivity contribution in [2.45, 2.75) is 117 Å². The first-order valence-electron chi connectivity index (χ1n) is 12.5. The van der Waals surface area contributed by atoms with Gasteiger partial charge in [-0.1, -0.05) is 121 Å². The van der Waals surface area contributed by atoms with Crippen LogP contribution in [0.25, 0.3) is 0 Å². The fraction of sp³-hybridized carbons (Fsp3) is 0.741. The molecule has 0 bridgehead atoms. The third kappa shape index (κ3) is 15.2. The summed E-state index contributed by atoms with van der Waals surface area (Å²) in [5.74, 6) is 0.512. The molecule has 0 aliphatic rings. The van der Waals surface area contributed by atoms with E-state index in [1.165, 1.54) is 95.5 Å². The van der Waals surface area contributed by atoms with Gasteiger partial charge in [-0.2, -0.15) is 0 Å². The highest BCUT2D eigenvalue weighted by Crippen LogP contribution is 2.20. The minimum Gasteiger partial charge on any atom is -0.465 e. The fourth-order valence-corrected chi connectivity index (χ4v) is 3.91. The van der Waals surface area contributed by atoms with Crippen molar-refractivity contribution in [1.29, 1.82) is 0 Å². The first-order valence-corrected chi connectivity index (χ1v) is 12.5. The Morgan fingerprint density at radius 2 is 1.28 bits per heavy atom. The lowest BCUT2D eigenvalue weighted by atomic mass is 9.94. The van der Waals surface area contributed by atoms with E-state index in [0.717, 1.165) is 6.42 Å². The van der Waals surface area contributed by atoms with Crippen LogP contribution in [0.4, 0.5) is 0 Å². The highest BCUT2D eigenvalue weighted by molar-refractivity contribution is 5.69. The van der Waals surface area contributed by atoms with Crippen LogP contribution >= 0.6 is 0 Å². The molecule has 1 rings (SSSR count). The van der Waals surface area contributed by atoms with Gasteiger partial charge in [0.25, 0.3) is 0 Å². The molecule has 2 heteroatoms. The first kappa shape index (κ1) is 25.7. The van der Waals surface area contributed by atoms with Crippen LogP contribution in [0, 0.1) is 5.92 Å². The highest BCUT2D eigenvalue weighted by atomic mass is 16.5. The van der Waals surface area contributed by atoms with Gasteiger partial charge in [0.15, 0.2) is 0 Å². The van der Waals surface area contributed by atoms with Crippen molar-refractivity contribution in [3.63, 3.8) is 0 Å². The van der Waals surface area contributed by atoms with Crippen molar-refractivity contribution in [3.05, 3.63) is 35.9 Å². The van der Waals surface area contributed by atoms with Gasteiger partial charge in [-0.3, -0.25) is 4.79 Å². The topological polar surface area (TPSA) is 26.3 Å². The normalized spacial score (nSPS) is 11.1. The van der Waals surface area contributed by atoms with Crippen LogP contribution in [0.1, 0.15) is 116 Å². The lowest BCUT2D eigenvalue weighted by Crippen LogP contribution is -2.15. The molecule has 0 N–H and O–H groups in total. The number of hydrogen-bond donors (Lipinski definition) is 0. The molecule has 0 radical (unpaired) electrons. The van der Waals surface area contributed by atoms with Gasteiger partial charge in [-0.05, 0) is 30.7 Å². The molecular formula is C27H46O2. The molecule has 0 saturated carbocycles. The van der Waals surface area contributed by atoms with Gasteiger partial charge in [0.05, 0.1) is 6.61 Å².